The molecule has 1 saturated carbocycles. The molecule has 2 aliphatic rings. The molecular formula is C14H26N2O. The molecule has 2 fully saturated rings. The molecule has 0 unspecified atom stereocenters. The van der Waals surface area contributed by atoms with E-state index >= 15 is 0 Å². The molecule has 98 valence electrons. The molecule has 17 heavy (non-hydrogen) atoms. The number of nitrogens with two attached hydrogens (primary N) is 1. The van der Waals surface area contributed by atoms with E-state index in [1.807, 2.05) is 0 Å². The maximum atomic E-state index is 12.0. The SMILES string of the molecule is NCCCCC(=O)N1CCC2(CCCC2)CC1. The maximum absolute atomic E-state index is 12.0. The highest BCUT2D eigenvalue weighted by Gasteiger charge is 2.37. The molecule has 0 aromatic heterocycles. The quantitative estimate of drug-likeness (QED) is 0.764. The molecule has 2 rings (SSSR count). The maximum Gasteiger partial charge on any atom is 0.222 e. The van der Waals surface area contributed by atoms with Gasteiger partial charge >= 0.3 is 0 Å². The lowest BCUT2D eigenvalue weighted by atomic mass is 9.77. The summed E-state index contributed by atoms with van der Waals surface area (Å²) in [6.07, 6.45) is 10.7. The molecule has 0 atom stereocenters. The Kier molecular flexibility index (Phi) is 4.43. The standard InChI is InChI=1S/C14H26N2O/c15-10-4-1-5-13(17)16-11-8-14(9-12-16)6-2-3-7-14/h1-12,15H2. The molecule has 0 aromatic carbocycles. The van der Waals surface area contributed by atoms with Crippen LogP contribution in [0.5, 0.6) is 0 Å². The average molecular weight is 238 g/mol. The summed E-state index contributed by atoms with van der Waals surface area (Å²) in [7, 11) is 0. The van der Waals surface area contributed by atoms with Crippen LogP contribution in [0.15, 0.2) is 0 Å². The second-order valence-electron chi connectivity index (χ2n) is 5.83. The fourth-order valence-electron chi connectivity index (χ4n) is 3.43. The van der Waals surface area contributed by atoms with Crippen molar-refractivity contribution < 1.29 is 4.79 Å². The van der Waals surface area contributed by atoms with Crippen molar-refractivity contribution in [2.45, 2.75) is 57.8 Å². The number of nitrogens with zero attached hydrogens (tertiary/aromatic N) is 1. The van der Waals surface area contributed by atoms with E-state index in [1.165, 1.54) is 38.5 Å². The second-order valence-corrected chi connectivity index (χ2v) is 5.83. The third kappa shape index (κ3) is 3.21. The van der Waals surface area contributed by atoms with E-state index in [0.717, 1.165) is 25.9 Å². The van der Waals surface area contributed by atoms with E-state index in [2.05, 4.69) is 4.90 Å². The molecular weight excluding hydrogens is 212 g/mol. The number of carbonyl (C=O) groups is 1. The van der Waals surface area contributed by atoms with E-state index in [-0.39, 0.29) is 0 Å². The molecule has 3 heteroatoms. The summed E-state index contributed by atoms with van der Waals surface area (Å²) in [6, 6.07) is 0. The van der Waals surface area contributed by atoms with Gasteiger partial charge in [-0.2, -0.15) is 0 Å². The minimum atomic E-state index is 0.353. The molecule has 2 N–H and O–H groups in total. The van der Waals surface area contributed by atoms with Crippen molar-refractivity contribution in [2.75, 3.05) is 19.6 Å². The van der Waals surface area contributed by atoms with Crippen LogP contribution in [0.1, 0.15) is 57.8 Å². The molecule has 1 spiro atoms. The summed E-state index contributed by atoms with van der Waals surface area (Å²) in [4.78, 5) is 14.0. The summed E-state index contributed by atoms with van der Waals surface area (Å²) in [6.45, 7) is 2.71. The highest BCUT2D eigenvalue weighted by molar-refractivity contribution is 5.76. The van der Waals surface area contributed by atoms with Gasteiger partial charge in [0.05, 0.1) is 0 Å². The molecule has 0 radical (unpaired) electrons. The number of amides is 1. The van der Waals surface area contributed by atoms with Crippen LogP contribution < -0.4 is 5.73 Å². The molecule has 3 nitrogen and oxygen atoms in total. The van der Waals surface area contributed by atoms with Gasteiger partial charge in [-0.25, -0.2) is 0 Å². The van der Waals surface area contributed by atoms with Gasteiger partial charge in [0.25, 0.3) is 0 Å². The van der Waals surface area contributed by atoms with Crippen LogP contribution in [-0.4, -0.2) is 30.4 Å². The third-order valence-electron chi connectivity index (χ3n) is 4.69. The van der Waals surface area contributed by atoms with Crippen LogP contribution in [0.3, 0.4) is 0 Å². The van der Waals surface area contributed by atoms with Crippen molar-refractivity contribution in [1.82, 2.24) is 4.90 Å². The third-order valence-corrected chi connectivity index (χ3v) is 4.69. The van der Waals surface area contributed by atoms with Gasteiger partial charge in [-0.05, 0) is 50.5 Å². The lowest BCUT2D eigenvalue weighted by Gasteiger charge is -2.39. The Bertz CT molecular complexity index is 249. The summed E-state index contributed by atoms with van der Waals surface area (Å²) in [5.41, 5.74) is 6.07. The fourth-order valence-corrected chi connectivity index (χ4v) is 3.43. The van der Waals surface area contributed by atoms with Crippen molar-refractivity contribution in [3.63, 3.8) is 0 Å². The number of rotatable bonds is 4. The monoisotopic (exact) mass is 238 g/mol. The summed E-state index contributed by atoms with van der Waals surface area (Å²) in [5.74, 6) is 0.353. The number of hydrogen-bond acceptors (Lipinski definition) is 2. The van der Waals surface area contributed by atoms with Crippen LogP contribution in [-0.2, 0) is 4.79 Å². The van der Waals surface area contributed by atoms with Crippen LogP contribution in [0.4, 0.5) is 0 Å². The van der Waals surface area contributed by atoms with Gasteiger partial charge in [-0.15, -0.1) is 0 Å². The Morgan fingerprint density at radius 2 is 1.71 bits per heavy atom. The van der Waals surface area contributed by atoms with Crippen molar-refractivity contribution in [3.05, 3.63) is 0 Å². The molecule has 0 bridgehead atoms. The highest BCUT2D eigenvalue weighted by atomic mass is 16.2. The van der Waals surface area contributed by atoms with Crippen LogP contribution in [0, 0.1) is 5.41 Å². The number of unbranched alkanes of at least 4 members (excludes halogenated alkanes) is 1. The lowest BCUT2D eigenvalue weighted by Crippen LogP contribution is -2.42. The first-order valence-electron chi connectivity index (χ1n) is 7.24. The predicted octanol–water partition coefficient (Wildman–Crippen LogP) is 2.30. The molecule has 1 aliphatic heterocycles. The van der Waals surface area contributed by atoms with Gasteiger partial charge in [-0.3, -0.25) is 4.79 Å². The number of hydrogen-bond donors (Lipinski definition) is 1. The van der Waals surface area contributed by atoms with Gasteiger partial charge in [0.1, 0.15) is 0 Å². The molecule has 1 heterocycles. The van der Waals surface area contributed by atoms with Gasteiger partial charge in [0.15, 0.2) is 0 Å². The van der Waals surface area contributed by atoms with Crippen LogP contribution in [0.25, 0.3) is 0 Å². The van der Waals surface area contributed by atoms with E-state index in [1.54, 1.807) is 0 Å². The van der Waals surface area contributed by atoms with Crippen molar-refractivity contribution in [2.24, 2.45) is 11.1 Å². The Labute approximate surface area is 105 Å². The normalized spacial score (nSPS) is 23.2. The Morgan fingerprint density at radius 1 is 1.06 bits per heavy atom. The zero-order valence-corrected chi connectivity index (χ0v) is 10.9. The molecule has 0 aromatic rings. The summed E-state index contributed by atoms with van der Waals surface area (Å²) >= 11 is 0. The second kappa shape index (κ2) is 5.85. The van der Waals surface area contributed by atoms with E-state index < -0.39 is 0 Å². The first-order chi connectivity index (χ1) is 8.26. The largest absolute Gasteiger partial charge is 0.343 e. The fraction of sp³-hybridized carbons (Fsp3) is 0.929. The molecule has 1 aliphatic carbocycles. The van der Waals surface area contributed by atoms with Crippen molar-refractivity contribution >= 4 is 5.91 Å². The minimum absolute atomic E-state index is 0.353. The highest BCUT2D eigenvalue weighted by Crippen LogP contribution is 2.46. The van der Waals surface area contributed by atoms with E-state index in [4.69, 9.17) is 5.73 Å². The lowest BCUT2D eigenvalue weighted by molar-refractivity contribution is -0.133. The van der Waals surface area contributed by atoms with Gasteiger partial charge in [0, 0.05) is 19.5 Å². The van der Waals surface area contributed by atoms with Gasteiger partial charge < -0.3 is 10.6 Å². The molecule has 1 amide bonds. The van der Waals surface area contributed by atoms with Crippen LogP contribution >= 0.6 is 0 Å². The first kappa shape index (κ1) is 12.9. The van der Waals surface area contributed by atoms with Crippen molar-refractivity contribution in [3.8, 4) is 0 Å². The van der Waals surface area contributed by atoms with Gasteiger partial charge in [0.2, 0.25) is 5.91 Å². The number of piperidine rings is 1. The Balaban J connectivity index is 1.72. The first-order valence-corrected chi connectivity index (χ1v) is 7.24. The Morgan fingerprint density at radius 3 is 2.29 bits per heavy atom. The average Bonchev–Trinajstić information content (AvgIpc) is 2.79. The van der Waals surface area contributed by atoms with Crippen molar-refractivity contribution in [1.29, 1.82) is 0 Å². The van der Waals surface area contributed by atoms with E-state index in [0.29, 0.717) is 24.3 Å². The smallest absolute Gasteiger partial charge is 0.222 e. The molecule has 1 saturated heterocycles. The summed E-state index contributed by atoms with van der Waals surface area (Å²) < 4.78 is 0. The van der Waals surface area contributed by atoms with Crippen LogP contribution in [0.2, 0.25) is 0 Å². The number of carbonyl (C=O) groups excluding carboxylic acids is 1. The zero-order chi connectivity index (χ0) is 12.1. The van der Waals surface area contributed by atoms with Gasteiger partial charge in [-0.1, -0.05) is 12.8 Å². The van der Waals surface area contributed by atoms with E-state index in [9.17, 15) is 4.79 Å². The minimum Gasteiger partial charge on any atom is -0.343 e. The predicted molar refractivity (Wildman–Crippen MR) is 69.6 cm³/mol. The number of likely N-dealkylation sites (tertiary alicyclic amines) is 1. The Hall–Kier alpha value is -0.570. The topological polar surface area (TPSA) is 46.3 Å². The zero-order valence-electron chi connectivity index (χ0n) is 10.9. The summed E-state index contributed by atoms with van der Waals surface area (Å²) in [5, 5.41) is 0.